The van der Waals surface area contributed by atoms with Crippen LogP contribution in [-0.2, 0) is 4.79 Å². The number of hydrogen-bond donors (Lipinski definition) is 2. The van der Waals surface area contributed by atoms with Crippen LogP contribution in [0.5, 0.6) is 0 Å². The fourth-order valence-corrected chi connectivity index (χ4v) is 4.55. The molecule has 30 heavy (non-hydrogen) atoms. The van der Waals surface area contributed by atoms with E-state index in [0.717, 1.165) is 4.70 Å². The van der Waals surface area contributed by atoms with Gasteiger partial charge < -0.3 is 10.6 Å². The van der Waals surface area contributed by atoms with Crippen molar-refractivity contribution in [3.05, 3.63) is 52.4 Å². The van der Waals surface area contributed by atoms with Crippen molar-refractivity contribution in [3.63, 3.8) is 0 Å². The molecule has 2 N–H and O–H groups in total. The Balaban J connectivity index is 1.74. The Labute approximate surface area is 184 Å². The zero-order valence-electron chi connectivity index (χ0n) is 15.3. The Kier molecular flexibility index (Phi) is 5.46. The van der Waals surface area contributed by atoms with Crippen LogP contribution in [-0.4, -0.2) is 25.8 Å². The lowest BCUT2D eigenvalue weighted by Gasteiger charge is -2.06. The zero-order valence-corrected chi connectivity index (χ0v) is 17.6. The molecule has 0 aliphatic heterocycles. The molecule has 11 heteroatoms. The number of carbonyl (C=O) groups excluding carboxylic acids is 1. The van der Waals surface area contributed by atoms with Gasteiger partial charge in [0.15, 0.2) is 5.82 Å². The number of thiazole rings is 1. The lowest BCUT2D eigenvalue weighted by atomic mass is 10.1. The molecule has 3 heterocycles. The molecule has 1 aromatic carbocycles. The fourth-order valence-electron chi connectivity index (χ4n) is 2.69. The third kappa shape index (κ3) is 4.02. The van der Waals surface area contributed by atoms with E-state index >= 15 is 0 Å². The number of benzene rings is 1. The van der Waals surface area contributed by atoms with Crippen molar-refractivity contribution in [3.8, 4) is 16.6 Å². The molecule has 0 aliphatic carbocycles. The Morgan fingerprint density at radius 1 is 1.13 bits per heavy atom. The van der Waals surface area contributed by atoms with E-state index in [1.54, 1.807) is 30.5 Å². The van der Waals surface area contributed by atoms with Gasteiger partial charge in [-0.15, -0.1) is 11.3 Å². The molecule has 0 fully saturated rings. The molecule has 3 aromatic heterocycles. The van der Waals surface area contributed by atoms with Crippen LogP contribution in [0.3, 0.4) is 0 Å². The lowest BCUT2D eigenvalue weighted by molar-refractivity contribution is -0.114. The van der Waals surface area contributed by atoms with Crippen LogP contribution in [0.15, 0.2) is 36.8 Å². The van der Waals surface area contributed by atoms with Gasteiger partial charge in [0.2, 0.25) is 5.91 Å². The molecule has 0 radical (unpaired) electrons. The highest BCUT2D eigenvalue weighted by molar-refractivity contribution is 7.22. The summed E-state index contributed by atoms with van der Waals surface area (Å²) in [5.74, 6) is 1.12. The summed E-state index contributed by atoms with van der Waals surface area (Å²) >= 11 is 14.1. The predicted molar refractivity (Wildman–Crippen MR) is 117 cm³/mol. The van der Waals surface area contributed by atoms with Gasteiger partial charge in [-0.2, -0.15) is 5.26 Å². The minimum Gasteiger partial charge on any atom is -0.324 e. The number of nitriles is 1. The quantitative estimate of drug-likeness (QED) is 0.442. The maximum absolute atomic E-state index is 11.2. The Morgan fingerprint density at radius 3 is 2.57 bits per heavy atom. The highest BCUT2D eigenvalue weighted by Gasteiger charge is 2.17. The van der Waals surface area contributed by atoms with Gasteiger partial charge in [0.1, 0.15) is 23.0 Å². The van der Waals surface area contributed by atoms with E-state index in [1.807, 2.05) is 6.07 Å². The fraction of sp³-hybridized carbons (Fsp3) is 0.0526. The third-order valence-corrected chi connectivity index (χ3v) is 5.60. The number of fused-ring (bicyclic) bond motifs is 1. The molecule has 8 nitrogen and oxygen atoms in total. The number of amides is 1. The topological polar surface area (TPSA) is 116 Å². The molecule has 0 aliphatic rings. The van der Waals surface area contributed by atoms with Gasteiger partial charge in [-0.3, -0.25) is 4.79 Å². The maximum atomic E-state index is 11.2. The average molecular weight is 456 g/mol. The molecule has 0 unspecified atom stereocenters. The standard InChI is InChI=1S/C19H11Cl2N7OS/c1-9(29)26-14-6-15(25-8-24-14)28-18-17-13(2-3-23-18)27-19(30-17)16-11(20)4-10(7-22)5-12(16)21/h2-6,8H,1H3,(H2,23,24,25,26,28,29). The number of nitrogens with zero attached hydrogens (tertiary/aromatic N) is 5. The monoisotopic (exact) mass is 455 g/mol. The number of hydrogen-bond acceptors (Lipinski definition) is 8. The highest BCUT2D eigenvalue weighted by atomic mass is 35.5. The smallest absolute Gasteiger partial charge is 0.222 e. The van der Waals surface area contributed by atoms with Crippen LogP contribution in [0, 0.1) is 11.3 Å². The minimum atomic E-state index is -0.233. The van der Waals surface area contributed by atoms with Crippen molar-refractivity contribution in [2.75, 3.05) is 10.6 Å². The lowest BCUT2D eigenvalue weighted by Crippen LogP contribution is -2.08. The Morgan fingerprint density at radius 2 is 1.87 bits per heavy atom. The number of halogens is 2. The van der Waals surface area contributed by atoms with E-state index in [1.165, 1.54) is 24.6 Å². The van der Waals surface area contributed by atoms with Gasteiger partial charge in [-0.05, 0) is 18.2 Å². The number of nitrogens with one attached hydrogen (secondary N) is 2. The van der Waals surface area contributed by atoms with E-state index < -0.39 is 0 Å². The number of aromatic nitrogens is 4. The predicted octanol–water partition coefficient (Wildman–Crippen LogP) is 5.03. The SMILES string of the molecule is CC(=O)Nc1cc(Nc2nccc3nc(-c4c(Cl)cc(C#N)cc4Cl)sc23)ncn1. The molecule has 1 amide bonds. The number of pyridine rings is 1. The summed E-state index contributed by atoms with van der Waals surface area (Å²) in [5, 5.41) is 16.1. The van der Waals surface area contributed by atoms with Crippen molar-refractivity contribution < 1.29 is 4.79 Å². The van der Waals surface area contributed by atoms with Crippen LogP contribution in [0.2, 0.25) is 10.0 Å². The van der Waals surface area contributed by atoms with E-state index in [0.29, 0.717) is 49.2 Å². The van der Waals surface area contributed by atoms with Gasteiger partial charge in [-0.25, -0.2) is 19.9 Å². The van der Waals surface area contributed by atoms with E-state index in [9.17, 15) is 4.79 Å². The van der Waals surface area contributed by atoms with Crippen molar-refractivity contribution >= 4 is 68.1 Å². The molecular weight excluding hydrogens is 445 g/mol. The second kappa shape index (κ2) is 8.20. The van der Waals surface area contributed by atoms with Gasteiger partial charge in [0, 0.05) is 24.8 Å². The zero-order chi connectivity index (χ0) is 21.3. The molecule has 0 atom stereocenters. The van der Waals surface area contributed by atoms with Crippen LogP contribution in [0.1, 0.15) is 12.5 Å². The first-order chi connectivity index (χ1) is 14.4. The molecule has 0 spiro atoms. The number of anilines is 3. The summed E-state index contributed by atoms with van der Waals surface area (Å²) in [5.41, 5.74) is 1.62. The normalized spacial score (nSPS) is 10.6. The molecule has 148 valence electrons. The van der Waals surface area contributed by atoms with Crippen molar-refractivity contribution in [1.29, 1.82) is 5.26 Å². The summed E-state index contributed by atoms with van der Waals surface area (Å²) in [6, 6.07) is 8.49. The van der Waals surface area contributed by atoms with Crippen LogP contribution < -0.4 is 10.6 Å². The molecular formula is C19H11Cl2N7OS. The molecule has 4 rings (SSSR count). The van der Waals surface area contributed by atoms with Gasteiger partial charge in [0.25, 0.3) is 0 Å². The van der Waals surface area contributed by atoms with Gasteiger partial charge >= 0.3 is 0 Å². The minimum absolute atomic E-state index is 0.233. The largest absolute Gasteiger partial charge is 0.324 e. The van der Waals surface area contributed by atoms with Crippen LogP contribution in [0.25, 0.3) is 20.8 Å². The third-order valence-electron chi connectivity index (χ3n) is 3.91. The second-order valence-corrected chi connectivity index (χ2v) is 7.86. The van der Waals surface area contributed by atoms with Crippen LogP contribution >= 0.6 is 34.5 Å². The van der Waals surface area contributed by atoms with E-state index in [-0.39, 0.29) is 5.91 Å². The van der Waals surface area contributed by atoms with E-state index in [2.05, 4.69) is 30.6 Å². The van der Waals surface area contributed by atoms with Crippen molar-refractivity contribution in [2.45, 2.75) is 6.92 Å². The first-order valence-corrected chi connectivity index (χ1v) is 10.0. The van der Waals surface area contributed by atoms with Crippen molar-refractivity contribution in [1.82, 2.24) is 19.9 Å². The number of carbonyl (C=O) groups is 1. The van der Waals surface area contributed by atoms with Gasteiger partial charge in [0.05, 0.1) is 31.9 Å². The first kappa shape index (κ1) is 20.0. The summed E-state index contributed by atoms with van der Waals surface area (Å²) in [6.45, 7) is 1.40. The Bertz CT molecular complexity index is 1310. The molecule has 0 saturated carbocycles. The number of rotatable bonds is 4. The second-order valence-electron chi connectivity index (χ2n) is 6.05. The summed E-state index contributed by atoms with van der Waals surface area (Å²) in [6.07, 6.45) is 2.95. The summed E-state index contributed by atoms with van der Waals surface area (Å²) < 4.78 is 0.767. The Hall–Kier alpha value is -3.32. The molecule has 4 aromatic rings. The molecule has 0 saturated heterocycles. The summed E-state index contributed by atoms with van der Waals surface area (Å²) in [4.78, 5) is 28.4. The van der Waals surface area contributed by atoms with Crippen molar-refractivity contribution in [2.24, 2.45) is 0 Å². The maximum Gasteiger partial charge on any atom is 0.222 e. The summed E-state index contributed by atoms with van der Waals surface area (Å²) in [7, 11) is 0. The molecule has 0 bridgehead atoms. The van der Waals surface area contributed by atoms with Crippen LogP contribution in [0.4, 0.5) is 17.5 Å². The highest BCUT2D eigenvalue weighted by Crippen LogP contribution is 2.41. The average Bonchev–Trinajstić information content (AvgIpc) is 3.12. The first-order valence-electron chi connectivity index (χ1n) is 8.46. The van der Waals surface area contributed by atoms with E-state index in [4.69, 9.17) is 28.5 Å². The van der Waals surface area contributed by atoms with Gasteiger partial charge in [-0.1, -0.05) is 23.2 Å².